The molecule has 1 aromatic heterocycles. The number of hydrogen-bond donors (Lipinski definition) is 0. The quantitative estimate of drug-likeness (QED) is 0.533. The van der Waals surface area contributed by atoms with Crippen molar-refractivity contribution in [3.05, 3.63) is 65.0 Å². The maximum Gasteiger partial charge on any atom is 0.288 e. The molecule has 1 aliphatic rings. The largest absolute Gasteiger partial charge is 1.00 e. The predicted molar refractivity (Wildman–Crippen MR) is 95.3 cm³/mol. The number of fused-ring (bicyclic) bond motifs is 1. The lowest BCUT2D eigenvalue weighted by Crippen LogP contribution is -3.00. The summed E-state index contributed by atoms with van der Waals surface area (Å²) in [7, 11) is 1.68. The third-order valence-corrected chi connectivity index (χ3v) is 4.82. The van der Waals surface area contributed by atoms with Crippen LogP contribution in [0.15, 0.2) is 59.2 Å². The van der Waals surface area contributed by atoms with E-state index in [0.717, 1.165) is 40.6 Å². The van der Waals surface area contributed by atoms with Crippen molar-refractivity contribution in [1.82, 2.24) is 4.57 Å². The molecular formula is C19H18Br2N2O2. The zero-order valence-electron chi connectivity index (χ0n) is 13.8. The van der Waals surface area contributed by atoms with E-state index in [4.69, 9.17) is 9.47 Å². The van der Waals surface area contributed by atoms with Gasteiger partial charge in [-0.2, -0.15) is 4.57 Å². The third-order valence-electron chi connectivity index (χ3n) is 4.29. The van der Waals surface area contributed by atoms with E-state index in [-0.39, 0.29) is 17.0 Å². The Morgan fingerprint density at radius 2 is 1.80 bits per heavy atom. The van der Waals surface area contributed by atoms with Crippen LogP contribution in [0.1, 0.15) is 5.82 Å². The van der Waals surface area contributed by atoms with Crippen molar-refractivity contribution in [3.8, 4) is 22.7 Å². The van der Waals surface area contributed by atoms with Crippen molar-refractivity contribution in [3.63, 3.8) is 0 Å². The Bertz CT molecular complexity index is 858. The lowest BCUT2D eigenvalue weighted by molar-refractivity contribution is -0.716. The second kappa shape index (κ2) is 7.72. The number of ether oxygens (including phenoxy) is 2. The van der Waals surface area contributed by atoms with Crippen LogP contribution in [0.25, 0.3) is 16.9 Å². The fraction of sp³-hybridized carbons (Fsp3) is 0.211. The molecule has 0 saturated carbocycles. The second-order valence-corrected chi connectivity index (χ2v) is 6.63. The molecule has 0 aliphatic carbocycles. The van der Waals surface area contributed by atoms with Gasteiger partial charge in [0, 0.05) is 10.0 Å². The summed E-state index contributed by atoms with van der Waals surface area (Å²) < 4.78 is 16.6. The van der Waals surface area contributed by atoms with Crippen LogP contribution in [-0.2, 0) is 17.9 Å². The van der Waals surface area contributed by atoms with Gasteiger partial charge < -0.3 is 26.5 Å². The molecule has 6 heteroatoms. The first-order valence-electron chi connectivity index (χ1n) is 7.88. The van der Waals surface area contributed by atoms with Gasteiger partial charge in [-0.25, -0.2) is 4.57 Å². The number of nitrogens with zero attached hydrogens (tertiary/aromatic N) is 2. The van der Waals surface area contributed by atoms with Crippen molar-refractivity contribution in [2.75, 3.05) is 13.7 Å². The Labute approximate surface area is 165 Å². The van der Waals surface area contributed by atoms with E-state index in [2.05, 4.69) is 67.7 Å². The highest BCUT2D eigenvalue weighted by Crippen LogP contribution is 2.27. The van der Waals surface area contributed by atoms with Gasteiger partial charge in [0.1, 0.15) is 30.8 Å². The molecule has 25 heavy (non-hydrogen) atoms. The van der Waals surface area contributed by atoms with Gasteiger partial charge in [0.25, 0.3) is 5.82 Å². The maximum atomic E-state index is 5.70. The lowest BCUT2D eigenvalue weighted by atomic mass is 10.1. The van der Waals surface area contributed by atoms with Crippen LogP contribution in [0, 0.1) is 0 Å². The Kier molecular flexibility index (Phi) is 5.61. The third kappa shape index (κ3) is 3.52. The van der Waals surface area contributed by atoms with Crippen LogP contribution in [-0.4, -0.2) is 18.3 Å². The molecule has 3 aromatic rings. The molecule has 0 fully saturated rings. The molecule has 4 rings (SSSR count). The fourth-order valence-electron chi connectivity index (χ4n) is 3.06. The number of rotatable bonds is 3. The molecule has 0 spiro atoms. The molecule has 1 aliphatic heterocycles. The first-order chi connectivity index (χ1) is 11.8. The van der Waals surface area contributed by atoms with Gasteiger partial charge in [-0.1, -0.05) is 15.9 Å². The molecule has 0 bridgehead atoms. The van der Waals surface area contributed by atoms with Gasteiger partial charge >= 0.3 is 0 Å². The molecule has 0 unspecified atom stereocenters. The van der Waals surface area contributed by atoms with Crippen molar-refractivity contribution in [1.29, 1.82) is 0 Å². The highest BCUT2D eigenvalue weighted by molar-refractivity contribution is 9.10. The summed E-state index contributed by atoms with van der Waals surface area (Å²) in [5, 5.41) is 0. The Hall–Kier alpha value is -1.63. The maximum absolute atomic E-state index is 5.70. The van der Waals surface area contributed by atoms with E-state index in [1.54, 1.807) is 7.11 Å². The summed E-state index contributed by atoms with van der Waals surface area (Å²) in [6.07, 6.45) is 2.21. The molecule has 0 amide bonds. The summed E-state index contributed by atoms with van der Waals surface area (Å²) in [5.74, 6) is 2.01. The number of methoxy groups -OCH3 is 1. The van der Waals surface area contributed by atoms with Crippen molar-refractivity contribution in [2.45, 2.75) is 13.2 Å². The van der Waals surface area contributed by atoms with Crippen LogP contribution in [0.3, 0.4) is 0 Å². The molecule has 2 aromatic carbocycles. The summed E-state index contributed by atoms with van der Waals surface area (Å²) in [6.45, 7) is 2.24. The highest BCUT2D eigenvalue weighted by Gasteiger charge is 2.28. The molecule has 130 valence electrons. The summed E-state index contributed by atoms with van der Waals surface area (Å²) >= 11 is 3.51. The van der Waals surface area contributed by atoms with Gasteiger partial charge in [0.05, 0.1) is 13.7 Å². The van der Waals surface area contributed by atoms with Crippen LogP contribution in [0.4, 0.5) is 0 Å². The predicted octanol–water partition coefficient (Wildman–Crippen LogP) is 0.737. The standard InChI is InChI=1S/C19H18BrN2O2.BrH/c1-23-17-8-6-16(7-9-17)22-18(14-2-4-15(20)5-3-14)12-21-10-11-24-13-19(21)22;/h2-9,12H,10-11,13H2,1H3;1H/q+1;/p-1. The van der Waals surface area contributed by atoms with Gasteiger partial charge in [-0.05, 0) is 48.5 Å². The number of imidazole rings is 1. The van der Waals surface area contributed by atoms with E-state index >= 15 is 0 Å². The monoisotopic (exact) mass is 464 g/mol. The molecule has 4 nitrogen and oxygen atoms in total. The zero-order chi connectivity index (χ0) is 16.5. The van der Waals surface area contributed by atoms with Gasteiger partial charge in [-0.15, -0.1) is 0 Å². The Morgan fingerprint density at radius 3 is 2.48 bits per heavy atom. The molecule has 2 heterocycles. The molecule has 0 atom stereocenters. The van der Waals surface area contributed by atoms with Crippen molar-refractivity contribution in [2.24, 2.45) is 0 Å². The van der Waals surface area contributed by atoms with Crippen LogP contribution in [0.2, 0.25) is 0 Å². The Balaban J connectivity index is 0.00000182. The van der Waals surface area contributed by atoms with E-state index in [9.17, 15) is 0 Å². The molecule has 0 saturated heterocycles. The van der Waals surface area contributed by atoms with E-state index in [1.165, 1.54) is 5.56 Å². The van der Waals surface area contributed by atoms with E-state index < -0.39 is 0 Å². The van der Waals surface area contributed by atoms with E-state index in [1.807, 2.05) is 12.1 Å². The highest BCUT2D eigenvalue weighted by atomic mass is 79.9. The van der Waals surface area contributed by atoms with Gasteiger partial charge in [0.2, 0.25) is 0 Å². The first kappa shape index (κ1) is 18.2. The zero-order valence-corrected chi connectivity index (χ0v) is 17.0. The Morgan fingerprint density at radius 1 is 1.08 bits per heavy atom. The minimum Gasteiger partial charge on any atom is -1.00 e. The topological polar surface area (TPSA) is 27.3 Å². The van der Waals surface area contributed by atoms with Crippen molar-refractivity contribution >= 4 is 15.9 Å². The van der Waals surface area contributed by atoms with Gasteiger partial charge in [0.15, 0.2) is 5.69 Å². The average molecular weight is 466 g/mol. The SMILES string of the molecule is COc1ccc(-n2c(-c3ccc(Br)cc3)c[n+]3c2COCC3)cc1.[Br-]. The first-order valence-corrected chi connectivity index (χ1v) is 8.68. The molecular weight excluding hydrogens is 448 g/mol. The number of halogens is 2. The van der Waals surface area contributed by atoms with Crippen molar-refractivity contribution < 1.29 is 31.0 Å². The van der Waals surface area contributed by atoms with E-state index in [0.29, 0.717) is 6.61 Å². The number of benzene rings is 2. The lowest BCUT2D eigenvalue weighted by Gasteiger charge is -2.11. The number of hydrogen-bond acceptors (Lipinski definition) is 2. The summed E-state index contributed by atoms with van der Waals surface area (Å²) in [5.41, 5.74) is 3.44. The molecule has 0 radical (unpaired) electrons. The van der Waals surface area contributed by atoms with Crippen LogP contribution < -0.4 is 26.3 Å². The minimum absolute atomic E-state index is 0. The summed E-state index contributed by atoms with van der Waals surface area (Å²) in [4.78, 5) is 0. The fourth-order valence-corrected chi connectivity index (χ4v) is 3.32. The van der Waals surface area contributed by atoms with Gasteiger partial charge in [-0.3, -0.25) is 0 Å². The normalized spacial score (nSPS) is 13.0. The molecule has 0 N–H and O–H groups in total. The number of aromatic nitrogens is 2. The minimum atomic E-state index is 0. The second-order valence-electron chi connectivity index (χ2n) is 5.72. The van der Waals surface area contributed by atoms with Crippen LogP contribution in [0.5, 0.6) is 5.75 Å². The average Bonchev–Trinajstić information content (AvgIpc) is 3.02. The summed E-state index contributed by atoms with van der Waals surface area (Å²) in [6, 6.07) is 16.5. The smallest absolute Gasteiger partial charge is 0.288 e. The van der Waals surface area contributed by atoms with Crippen LogP contribution >= 0.6 is 15.9 Å².